The van der Waals surface area contributed by atoms with E-state index in [-0.39, 0.29) is 24.9 Å². The summed E-state index contributed by atoms with van der Waals surface area (Å²) in [5.41, 5.74) is 0. The molecule has 2 heterocycles. The molecule has 0 aromatic heterocycles. The molecule has 5 nitrogen and oxygen atoms in total. The van der Waals surface area contributed by atoms with Gasteiger partial charge < -0.3 is 10.0 Å². The van der Waals surface area contributed by atoms with Crippen LogP contribution in [0.1, 0.15) is 32.6 Å². The van der Waals surface area contributed by atoms with Crippen molar-refractivity contribution < 1.29 is 14.7 Å². The van der Waals surface area contributed by atoms with E-state index >= 15 is 0 Å². The van der Waals surface area contributed by atoms with Crippen molar-refractivity contribution in [3.8, 4) is 0 Å². The molecule has 0 radical (unpaired) electrons. The van der Waals surface area contributed by atoms with Crippen molar-refractivity contribution in [3.05, 3.63) is 0 Å². The summed E-state index contributed by atoms with van der Waals surface area (Å²) < 4.78 is 0. The first-order valence-corrected chi connectivity index (χ1v) is 6.82. The number of carbonyl (C=O) groups excluding carboxylic acids is 1. The Bertz CT molecular complexity index is 330. The number of aliphatic carboxylic acids is 1. The molecule has 0 spiro atoms. The lowest BCUT2D eigenvalue weighted by molar-refractivity contribution is -0.143. The van der Waals surface area contributed by atoms with Crippen LogP contribution in [0.2, 0.25) is 0 Å². The maximum atomic E-state index is 12.1. The SMILES string of the molecule is CC1CCN(C(=O)CN2CCCC2C(=O)O)CC1.Cl. The number of halogens is 1. The maximum absolute atomic E-state index is 12.1. The summed E-state index contributed by atoms with van der Waals surface area (Å²) in [4.78, 5) is 26.9. The number of carboxylic acids is 1. The fraction of sp³-hybridized carbons (Fsp3) is 0.846. The molecule has 1 atom stereocenters. The average molecular weight is 291 g/mol. The molecule has 6 heteroatoms. The Morgan fingerprint density at radius 3 is 2.37 bits per heavy atom. The Morgan fingerprint density at radius 1 is 1.16 bits per heavy atom. The van der Waals surface area contributed by atoms with E-state index in [0.717, 1.165) is 38.9 Å². The summed E-state index contributed by atoms with van der Waals surface area (Å²) in [6.07, 6.45) is 3.67. The van der Waals surface area contributed by atoms with Crippen LogP contribution in [0.25, 0.3) is 0 Å². The van der Waals surface area contributed by atoms with Crippen LogP contribution in [0.15, 0.2) is 0 Å². The molecule has 110 valence electrons. The number of carbonyl (C=O) groups is 2. The van der Waals surface area contributed by atoms with Crippen LogP contribution in [0.5, 0.6) is 0 Å². The minimum Gasteiger partial charge on any atom is -0.480 e. The van der Waals surface area contributed by atoms with Gasteiger partial charge in [0, 0.05) is 13.1 Å². The van der Waals surface area contributed by atoms with E-state index in [0.29, 0.717) is 12.3 Å². The van der Waals surface area contributed by atoms with E-state index in [4.69, 9.17) is 5.11 Å². The van der Waals surface area contributed by atoms with Crippen molar-refractivity contribution in [2.75, 3.05) is 26.2 Å². The van der Waals surface area contributed by atoms with Crippen LogP contribution >= 0.6 is 12.4 Å². The Kier molecular flexibility index (Phi) is 6.07. The third-order valence-electron chi connectivity index (χ3n) is 4.12. The highest BCUT2D eigenvalue weighted by Gasteiger charge is 2.33. The summed E-state index contributed by atoms with van der Waals surface area (Å²) in [5, 5.41) is 9.08. The van der Waals surface area contributed by atoms with E-state index < -0.39 is 12.0 Å². The highest BCUT2D eigenvalue weighted by atomic mass is 35.5. The number of amides is 1. The van der Waals surface area contributed by atoms with Crippen molar-refractivity contribution in [3.63, 3.8) is 0 Å². The van der Waals surface area contributed by atoms with Gasteiger partial charge in [0.2, 0.25) is 5.91 Å². The lowest BCUT2D eigenvalue weighted by Crippen LogP contribution is -2.46. The third kappa shape index (κ3) is 4.08. The van der Waals surface area contributed by atoms with Gasteiger partial charge in [0.25, 0.3) is 0 Å². The van der Waals surface area contributed by atoms with Crippen molar-refractivity contribution in [2.45, 2.75) is 38.6 Å². The number of nitrogens with zero attached hydrogens (tertiary/aromatic N) is 2. The summed E-state index contributed by atoms with van der Waals surface area (Å²) in [7, 11) is 0. The molecule has 0 aromatic carbocycles. The molecule has 2 aliphatic heterocycles. The zero-order valence-electron chi connectivity index (χ0n) is 11.4. The standard InChI is InChI=1S/C13H22N2O3.ClH/c1-10-4-7-14(8-5-10)12(16)9-15-6-2-3-11(15)13(17)18;/h10-11H,2-9H2,1H3,(H,17,18);1H. The normalized spacial score (nSPS) is 25.1. The topological polar surface area (TPSA) is 60.9 Å². The number of piperidine rings is 1. The van der Waals surface area contributed by atoms with Crippen molar-refractivity contribution in [1.29, 1.82) is 0 Å². The first-order valence-electron chi connectivity index (χ1n) is 6.82. The van der Waals surface area contributed by atoms with E-state index in [2.05, 4.69) is 6.92 Å². The monoisotopic (exact) mass is 290 g/mol. The largest absolute Gasteiger partial charge is 0.480 e. The smallest absolute Gasteiger partial charge is 0.320 e. The number of rotatable bonds is 3. The molecular formula is C13H23ClN2O3. The predicted molar refractivity (Wildman–Crippen MR) is 74.5 cm³/mol. The van der Waals surface area contributed by atoms with Crippen LogP contribution in [0, 0.1) is 5.92 Å². The fourth-order valence-electron chi connectivity index (χ4n) is 2.83. The number of hydrogen-bond acceptors (Lipinski definition) is 3. The molecule has 1 amide bonds. The van der Waals surface area contributed by atoms with Crippen LogP contribution in [0.3, 0.4) is 0 Å². The minimum absolute atomic E-state index is 0. The second kappa shape index (κ2) is 7.10. The van der Waals surface area contributed by atoms with Gasteiger partial charge in [0.15, 0.2) is 0 Å². The second-order valence-corrected chi connectivity index (χ2v) is 5.53. The van der Waals surface area contributed by atoms with Gasteiger partial charge in [-0.05, 0) is 38.1 Å². The van der Waals surface area contributed by atoms with Gasteiger partial charge in [-0.3, -0.25) is 14.5 Å². The van der Waals surface area contributed by atoms with E-state index in [1.54, 1.807) is 0 Å². The molecule has 2 saturated heterocycles. The van der Waals surface area contributed by atoms with Gasteiger partial charge in [-0.1, -0.05) is 6.92 Å². The van der Waals surface area contributed by atoms with Gasteiger partial charge in [0.1, 0.15) is 6.04 Å². The Labute approximate surface area is 120 Å². The molecule has 0 saturated carbocycles. The third-order valence-corrected chi connectivity index (χ3v) is 4.12. The van der Waals surface area contributed by atoms with Gasteiger partial charge in [-0.15, -0.1) is 12.4 Å². The summed E-state index contributed by atoms with van der Waals surface area (Å²) >= 11 is 0. The average Bonchev–Trinajstić information content (AvgIpc) is 2.78. The zero-order chi connectivity index (χ0) is 13.1. The molecule has 1 unspecified atom stereocenters. The highest BCUT2D eigenvalue weighted by molar-refractivity contribution is 5.85. The van der Waals surface area contributed by atoms with E-state index in [1.807, 2.05) is 9.80 Å². The highest BCUT2D eigenvalue weighted by Crippen LogP contribution is 2.19. The first kappa shape index (κ1) is 16.2. The summed E-state index contributed by atoms with van der Waals surface area (Å²) in [6.45, 7) is 4.86. The molecule has 0 bridgehead atoms. The first-order chi connectivity index (χ1) is 8.58. The lowest BCUT2D eigenvalue weighted by atomic mass is 9.99. The predicted octanol–water partition coefficient (Wildman–Crippen LogP) is 1.22. The number of likely N-dealkylation sites (tertiary alicyclic amines) is 2. The summed E-state index contributed by atoms with van der Waals surface area (Å²) in [6, 6.07) is -0.460. The Hall–Kier alpha value is -0.810. The lowest BCUT2D eigenvalue weighted by Gasteiger charge is -2.32. The van der Waals surface area contributed by atoms with Crippen molar-refractivity contribution in [1.82, 2.24) is 9.80 Å². The Balaban J connectivity index is 0.00000180. The molecule has 19 heavy (non-hydrogen) atoms. The van der Waals surface area contributed by atoms with E-state index in [9.17, 15) is 9.59 Å². The quantitative estimate of drug-likeness (QED) is 0.849. The number of hydrogen-bond donors (Lipinski definition) is 1. The van der Waals surface area contributed by atoms with Crippen molar-refractivity contribution >= 4 is 24.3 Å². The molecule has 2 aliphatic rings. The number of carboxylic acid groups (broad SMARTS) is 1. The fourth-order valence-corrected chi connectivity index (χ4v) is 2.83. The van der Waals surface area contributed by atoms with E-state index in [1.165, 1.54) is 0 Å². The molecule has 1 N–H and O–H groups in total. The summed E-state index contributed by atoms with van der Waals surface area (Å²) in [5.74, 6) is -0.00442. The van der Waals surface area contributed by atoms with Gasteiger partial charge in [-0.2, -0.15) is 0 Å². The van der Waals surface area contributed by atoms with Crippen LogP contribution in [0.4, 0.5) is 0 Å². The molecule has 2 fully saturated rings. The van der Waals surface area contributed by atoms with Gasteiger partial charge in [-0.25, -0.2) is 0 Å². The molecule has 2 rings (SSSR count). The molecule has 0 aliphatic carbocycles. The Morgan fingerprint density at radius 2 is 1.79 bits per heavy atom. The second-order valence-electron chi connectivity index (χ2n) is 5.53. The molecule has 0 aromatic rings. The van der Waals surface area contributed by atoms with Gasteiger partial charge >= 0.3 is 5.97 Å². The maximum Gasteiger partial charge on any atom is 0.320 e. The van der Waals surface area contributed by atoms with Crippen LogP contribution < -0.4 is 0 Å². The van der Waals surface area contributed by atoms with Crippen LogP contribution in [-0.4, -0.2) is 59.0 Å². The van der Waals surface area contributed by atoms with Crippen molar-refractivity contribution in [2.24, 2.45) is 5.92 Å². The van der Waals surface area contributed by atoms with Crippen LogP contribution in [-0.2, 0) is 9.59 Å². The minimum atomic E-state index is -0.799. The molecular weight excluding hydrogens is 268 g/mol. The zero-order valence-corrected chi connectivity index (χ0v) is 12.2. The van der Waals surface area contributed by atoms with Gasteiger partial charge in [0.05, 0.1) is 6.54 Å².